The molecule has 1 amide bonds. The molecule has 9 nitrogen and oxygen atoms in total. The lowest BCUT2D eigenvalue weighted by atomic mass is 10.2. The van der Waals surface area contributed by atoms with Crippen LogP contribution >= 0.6 is 0 Å². The summed E-state index contributed by atoms with van der Waals surface area (Å²) in [4.78, 5) is 22.6. The number of hydrogen-bond acceptors (Lipinski definition) is 6. The number of sulfonamides is 1. The van der Waals surface area contributed by atoms with E-state index in [4.69, 9.17) is 4.74 Å². The molecule has 0 fully saturated rings. The summed E-state index contributed by atoms with van der Waals surface area (Å²) in [6.07, 6.45) is 0.904. The number of para-hydroxylation sites is 1. The highest BCUT2D eigenvalue weighted by Crippen LogP contribution is 2.33. The van der Waals surface area contributed by atoms with E-state index >= 15 is 0 Å². The first kappa shape index (κ1) is 19.2. The number of non-ortho nitro benzene ring substituents is 1. The molecular formula is C16H17N3O6S. The minimum atomic E-state index is -3.91. The van der Waals surface area contributed by atoms with Crippen LogP contribution in [0.25, 0.3) is 0 Å². The fourth-order valence-electron chi connectivity index (χ4n) is 2.22. The number of carbonyl (C=O) groups excluding carboxylic acids is 1. The second-order valence-electron chi connectivity index (χ2n) is 5.30. The number of ether oxygens (including phenoxy) is 1. The van der Waals surface area contributed by atoms with Crippen molar-refractivity contribution < 1.29 is 22.9 Å². The third-order valence-electron chi connectivity index (χ3n) is 3.39. The van der Waals surface area contributed by atoms with Crippen LogP contribution in [-0.4, -0.2) is 39.2 Å². The normalized spacial score (nSPS) is 10.8. The molecule has 2 aromatic rings. The fourth-order valence-corrected chi connectivity index (χ4v) is 3.07. The first-order chi connectivity index (χ1) is 12.2. The summed E-state index contributed by atoms with van der Waals surface area (Å²) < 4.78 is 30.2. The first-order valence-corrected chi connectivity index (χ1v) is 9.22. The van der Waals surface area contributed by atoms with Gasteiger partial charge in [-0.05, 0) is 18.2 Å². The number of anilines is 2. The summed E-state index contributed by atoms with van der Waals surface area (Å²) >= 11 is 0. The Hall–Kier alpha value is -3.14. The number of benzene rings is 2. The number of nitro benzene ring substituents is 1. The molecule has 0 saturated heterocycles. The van der Waals surface area contributed by atoms with Gasteiger partial charge in [0.1, 0.15) is 18.0 Å². The van der Waals surface area contributed by atoms with Crippen LogP contribution in [0.5, 0.6) is 5.75 Å². The molecule has 0 spiro atoms. The van der Waals surface area contributed by atoms with Crippen molar-refractivity contribution >= 4 is 33.0 Å². The van der Waals surface area contributed by atoms with Crippen molar-refractivity contribution in [2.45, 2.75) is 0 Å². The number of amides is 1. The van der Waals surface area contributed by atoms with Crippen LogP contribution in [0, 0.1) is 10.1 Å². The quantitative estimate of drug-likeness (QED) is 0.580. The van der Waals surface area contributed by atoms with Crippen LogP contribution in [0.15, 0.2) is 48.5 Å². The number of carbonyl (C=O) groups is 1. The fraction of sp³-hybridized carbons (Fsp3) is 0.188. The Morgan fingerprint density at radius 3 is 2.42 bits per heavy atom. The SMILES string of the molecule is COc1ccc([N+](=O)[O-])cc1N(CC(=O)Nc1ccccc1)S(C)(=O)=O. The van der Waals surface area contributed by atoms with Crippen LogP contribution in [0.4, 0.5) is 17.1 Å². The molecule has 0 radical (unpaired) electrons. The number of nitrogens with zero attached hydrogens (tertiary/aromatic N) is 2. The molecule has 10 heteroatoms. The van der Waals surface area contributed by atoms with Crippen LogP contribution < -0.4 is 14.4 Å². The van der Waals surface area contributed by atoms with Crippen molar-refractivity contribution in [2.75, 3.05) is 29.5 Å². The number of hydrogen-bond donors (Lipinski definition) is 1. The minimum absolute atomic E-state index is 0.0904. The molecule has 0 aromatic heterocycles. The van der Waals surface area contributed by atoms with E-state index in [1.165, 1.54) is 19.2 Å². The van der Waals surface area contributed by atoms with E-state index in [1.807, 2.05) is 0 Å². The molecule has 138 valence electrons. The molecule has 0 aliphatic heterocycles. The molecule has 2 aromatic carbocycles. The van der Waals surface area contributed by atoms with Gasteiger partial charge in [0.05, 0.1) is 18.3 Å². The van der Waals surface area contributed by atoms with Gasteiger partial charge in [-0.1, -0.05) is 18.2 Å². The zero-order valence-corrected chi connectivity index (χ0v) is 14.9. The summed E-state index contributed by atoms with van der Waals surface area (Å²) in [5.74, 6) is -0.510. The van der Waals surface area contributed by atoms with E-state index in [-0.39, 0.29) is 17.1 Å². The number of nitrogens with one attached hydrogen (secondary N) is 1. The zero-order valence-electron chi connectivity index (χ0n) is 14.1. The molecule has 0 unspecified atom stereocenters. The average Bonchev–Trinajstić information content (AvgIpc) is 2.59. The van der Waals surface area contributed by atoms with Crippen LogP contribution in [0.2, 0.25) is 0 Å². The lowest BCUT2D eigenvalue weighted by Crippen LogP contribution is -2.37. The molecule has 2 rings (SSSR count). The predicted octanol–water partition coefficient (Wildman–Crippen LogP) is 2.01. The Labute approximate surface area is 150 Å². The molecule has 0 bridgehead atoms. The summed E-state index contributed by atoms with van der Waals surface area (Å²) in [5, 5.41) is 13.6. The predicted molar refractivity (Wildman–Crippen MR) is 96.9 cm³/mol. The van der Waals surface area contributed by atoms with E-state index in [2.05, 4.69) is 5.32 Å². The molecule has 26 heavy (non-hydrogen) atoms. The minimum Gasteiger partial charge on any atom is -0.495 e. The maximum atomic E-state index is 12.3. The Bertz CT molecular complexity index is 915. The van der Waals surface area contributed by atoms with Gasteiger partial charge in [0.2, 0.25) is 15.9 Å². The second-order valence-corrected chi connectivity index (χ2v) is 7.20. The molecular weight excluding hydrogens is 362 g/mol. The zero-order chi connectivity index (χ0) is 19.3. The molecule has 1 N–H and O–H groups in total. The van der Waals surface area contributed by atoms with Crippen LogP contribution in [-0.2, 0) is 14.8 Å². The number of rotatable bonds is 7. The van der Waals surface area contributed by atoms with Crippen molar-refractivity contribution in [1.82, 2.24) is 0 Å². The Morgan fingerprint density at radius 2 is 1.88 bits per heavy atom. The van der Waals surface area contributed by atoms with Gasteiger partial charge < -0.3 is 10.1 Å². The molecule has 0 aliphatic rings. The molecule has 0 saturated carbocycles. The summed E-state index contributed by atoms with van der Waals surface area (Å²) in [6, 6.07) is 12.0. The van der Waals surface area contributed by atoms with E-state index < -0.39 is 27.4 Å². The van der Waals surface area contributed by atoms with Gasteiger partial charge in [0.15, 0.2) is 0 Å². The Kier molecular flexibility index (Phi) is 5.78. The van der Waals surface area contributed by atoms with Gasteiger partial charge in [0, 0.05) is 17.8 Å². The van der Waals surface area contributed by atoms with Gasteiger partial charge >= 0.3 is 0 Å². The average molecular weight is 379 g/mol. The Balaban J connectivity index is 2.38. The van der Waals surface area contributed by atoms with Crippen molar-refractivity contribution in [3.05, 3.63) is 58.6 Å². The van der Waals surface area contributed by atoms with Gasteiger partial charge in [-0.15, -0.1) is 0 Å². The lowest BCUT2D eigenvalue weighted by Gasteiger charge is -2.23. The maximum absolute atomic E-state index is 12.3. The van der Waals surface area contributed by atoms with Gasteiger partial charge in [-0.25, -0.2) is 8.42 Å². The Morgan fingerprint density at radius 1 is 1.23 bits per heavy atom. The topological polar surface area (TPSA) is 119 Å². The van der Waals surface area contributed by atoms with Crippen LogP contribution in [0.1, 0.15) is 0 Å². The summed E-state index contributed by atoms with van der Waals surface area (Å²) in [6.45, 7) is -0.564. The highest BCUT2D eigenvalue weighted by molar-refractivity contribution is 7.92. The van der Waals surface area contributed by atoms with Crippen molar-refractivity contribution in [2.24, 2.45) is 0 Å². The number of nitro groups is 1. The molecule has 0 atom stereocenters. The van der Waals surface area contributed by atoms with Gasteiger partial charge in [-0.2, -0.15) is 0 Å². The smallest absolute Gasteiger partial charge is 0.271 e. The van der Waals surface area contributed by atoms with Crippen molar-refractivity contribution in [3.63, 3.8) is 0 Å². The van der Waals surface area contributed by atoms with Crippen molar-refractivity contribution in [3.8, 4) is 5.75 Å². The van der Waals surface area contributed by atoms with E-state index in [0.717, 1.165) is 16.6 Å². The summed E-state index contributed by atoms with van der Waals surface area (Å²) in [5.41, 5.74) is 0.0855. The van der Waals surface area contributed by atoms with Crippen molar-refractivity contribution in [1.29, 1.82) is 0 Å². The highest BCUT2D eigenvalue weighted by atomic mass is 32.2. The maximum Gasteiger partial charge on any atom is 0.271 e. The lowest BCUT2D eigenvalue weighted by molar-refractivity contribution is -0.384. The highest BCUT2D eigenvalue weighted by Gasteiger charge is 2.26. The second kappa shape index (κ2) is 7.83. The van der Waals surface area contributed by atoms with Gasteiger partial charge in [-0.3, -0.25) is 19.2 Å². The van der Waals surface area contributed by atoms with Crippen LogP contribution in [0.3, 0.4) is 0 Å². The monoisotopic (exact) mass is 379 g/mol. The molecule has 0 aliphatic carbocycles. The largest absolute Gasteiger partial charge is 0.495 e. The van der Waals surface area contributed by atoms with E-state index in [1.54, 1.807) is 30.3 Å². The number of methoxy groups -OCH3 is 1. The molecule has 0 heterocycles. The van der Waals surface area contributed by atoms with Gasteiger partial charge in [0.25, 0.3) is 5.69 Å². The third-order valence-corrected chi connectivity index (χ3v) is 4.51. The summed E-state index contributed by atoms with van der Waals surface area (Å²) in [7, 11) is -2.61. The first-order valence-electron chi connectivity index (χ1n) is 7.37. The van der Waals surface area contributed by atoms with E-state index in [9.17, 15) is 23.3 Å². The third kappa shape index (κ3) is 4.70. The standard InChI is InChI=1S/C16H17N3O6S/c1-25-15-9-8-13(19(21)22)10-14(15)18(26(2,23)24)11-16(20)17-12-6-4-3-5-7-12/h3-10H,11H2,1-2H3,(H,17,20). The van der Waals surface area contributed by atoms with E-state index in [0.29, 0.717) is 5.69 Å².